The van der Waals surface area contributed by atoms with Gasteiger partial charge in [0.25, 0.3) is 0 Å². The monoisotopic (exact) mass is 305 g/mol. The van der Waals surface area contributed by atoms with E-state index in [0.717, 1.165) is 43.6 Å². The molecule has 22 heavy (non-hydrogen) atoms. The van der Waals surface area contributed by atoms with Gasteiger partial charge in [-0.25, -0.2) is 4.39 Å². The molecule has 1 aliphatic rings. The quantitative estimate of drug-likeness (QED) is 0.941. The highest BCUT2D eigenvalue weighted by atomic mass is 19.1. The van der Waals surface area contributed by atoms with Crippen LogP contribution >= 0.6 is 0 Å². The molecule has 1 aromatic carbocycles. The van der Waals surface area contributed by atoms with E-state index in [1.807, 2.05) is 0 Å². The third-order valence-corrected chi connectivity index (χ3v) is 4.24. The molecule has 1 amide bonds. The SMILES string of the molecule is CC(=O)NCCN1CCC(c2noc3cc(F)ccc23)CC1. The number of rotatable bonds is 4. The van der Waals surface area contributed by atoms with Crippen LogP contribution in [-0.4, -0.2) is 42.1 Å². The predicted octanol–water partition coefficient (Wildman–Crippen LogP) is 2.28. The second-order valence-corrected chi connectivity index (χ2v) is 5.81. The number of benzene rings is 1. The van der Waals surface area contributed by atoms with Gasteiger partial charge in [0.05, 0.1) is 5.69 Å². The maximum absolute atomic E-state index is 13.2. The average Bonchev–Trinajstić information content (AvgIpc) is 2.90. The summed E-state index contributed by atoms with van der Waals surface area (Å²) in [5, 5.41) is 7.89. The average molecular weight is 305 g/mol. The van der Waals surface area contributed by atoms with E-state index in [9.17, 15) is 9.18 Å². The van der Waals surface area contributed by atoms with E-state index in [-0.39, 0.29) is 11.7 Å². The van der Waals surface area contributed by atoms with E-state index in [0.29, 0.717) is 18.0 Å². The first-order chi connectivity index (χ1) is 10.6. The lowest BCUT2D eigenvalue weighted by Gasteiger charge is -2.31. The molecule has 0 unspecified atom stereocenters. The van der Waals surface area contributed by atoms with Crippen LogP contribution in [0, 0.1) is 5.82 Å². The molecular weight excluding hydrogens is 285 g/mol. The Balaban J connectivity index is 1.59. The molecule has 0 bridgehead atoms. The summed E-state index contributed by atoms with van der Waals surface area (Å²) < 4.78 is 18.4. The van der Waals surface area contributed by atoms with Crippen molar-refractivity contribution < 1.29 is 13.7 Å². The van der Waals surface area contributed by atoms with Gasteiger partial charge >= 0.3 is 0 Å². The highest BCUT2D eigenvalue weighted by molar-refractivity contribution is 5.79. The molecule has 0 aliphatic carbocycles. The second-order valence-electron chi connectivity index (χ2n) is 5.81. The van der Waals surface area contributed by atoms with Crippen LogP contribution in [-0.2, 0) is 4.79 Å². The highest BCUT2D eigenvalue weighted by Gasteiger charge is 2.24. The fourth-order valence-corrected chi connectivity index (χ4v) is 3.05. The van der Waals surface area contributed by atoms with Gasteiger partial charge in [0.1, 0.15) is 5.82 Å². The fourth-order valence-electron chi connectivity index (χ4n) is 3.05. The molecule has 1 aliphatic heterocycles. The number of carbonyl (C=O) groups excluding carboxylic acids is 1. The molecule has 0 atom stereocenters. The lowest BCUT2D eigenvalue weighted by molar-refractivity contribution is -0.119. The van der Waals surface area contributed by atoms with Gasteiger partial charge in [0.15, 0.2) is 5.58 Å². The molecule has 2 aromatic rings. The number of piperidine rings is 1. The normalized spacial score (nSPS) is 17.0. The van der Waals surface area contributed by atoms with Crippen molar-refractivity contribution in [3.8, 4) is 0 Å². The summed E-state index contributed by atoms with van der Waals surface area (Å²) in [7, 11) is 0. The van der Waals surface area contributed by atoms with Gasteiger partial charge in [-0.15, -0.1) is 0 Å². The van der Waals surface area contributed by atoms with Crippen LogP contribution < -0.4 is 5.32 Å². The van der Waals surface area contributed by atoms with Gasteiger partial charge in [0.2, 0.25) is 5.91 Å². The second kappa shape index (κ2) is 6.44. The number of likely N-dealkylation sites (tertiary alicyclic amines) is 1. The van der Waals surface area contributed by atoms with Crippen LogP contribution in [0.1, 0.15) is 31.4 Å². The van der Waals surface area contributed by atoms with E-state index in [4.69, 9.17) is 4.52 Å². The third-order valence-electron chi connectivity index (χ3n) is 4.24. The Labute approximate surface area is 128 Å². The van der Waals surface area contributed by atoms with Crippen molar-refractivity contribution in [1.29, 1.82) is 0 Å². The van der Waals surface area contributed by atoms with Crippen LogP contribution in [0.5, 0.6) is 0 Å². The van der Waals surface area contributed by atoms with Crippen LogP contribution in [0.4, 0.5) is 4.39 Å². The van der Waals surface area contributed by atoms with E-state index in [2.05, 4.69) is 15.4 Å². The molecule has 0 spiro atoms. The fraction of sp³-hybridized carbons (Fsp3) is 0.500. The maximum Gasteiger partial charge on any atom is 0.216 e. The Morgan fingerprint density at radius 1 is 1.45 bits per heavy atom. The summed E-state index contributed by atoms with van der Waals surface area (Å²) >= 11 is 0. The van der Waals surface area contributed by atoms with Crippen LogP contribution in [0.3, 0.4) is 0 Å². The number of halogens is 1. The number of aromatic nitrogens is 1. The molecular formula is C16H20FN3O2. The predicted molar refractivity (Wildman–Crippen MR) is 81.1 cm³/mol. The Bertz CT molecular complexity index is 662. The molecule has 1 saturated heterocycles. The summed E-state index contributed by atoms with van der Waals surface area (Å²) in [6.07, 6.45) is 2.00. The molecule has 1 fully saturated rings. The number of hydrogen-bond donors (Lipinski definition) is 1. The number of fused-ring (bicyclic) bond motifs is 1. The Morgan fingerprint density at radius 2 is 2.23 bits per heavy atom. The summed E-state index contributed by atoms with van der Waals surface area (Å²) in [6.45, 7) is 5.04. The van der Waals surface area contributed by atoms with Gasteiger partial charge in [0, 0.05) is 37.4 Å². The molecule has 5 nitrogen and oxygen atoms in total. The molecule has 0 radical (unpaired) electrons. The van der Waals surface area contributed by atoms with Gasteiger partial charge in [-0.05, 0) is 38.1 Å². The molecule has 1 N–H and O–H groups in total. The number of amides is 1. The minimum Gasteiger partial charge on any atom is -0.356 e. The molecule has 2 heterocycles. The van der Waals surface area contributed by atoms with Gasteiger partial charge < -0.3 is 14.7 Å². The summed E-state index contributed by atoms with van der Waals surface area (Å²) in [4.78, 5) is 13.2. The van der Waals surface area contributed by atoms with Crippen molar-refractivity contribution in [2.45, 2.75) is 25.7 Å². The van der Waals surface area contributed by atoms with Gasteiger partial charge in [-0.1, -0.05) is 5.16 Å². The number of nitrogens with one attached hydrogen (secondary N) is 1. The van der Waals surface area contributed by atoms with Crippen molar-refractivity contribution in [3.05, 3.63) is 29.7 Å². The summed E-state index contributed by atoms with van der Waals surface area (Å²) in [5.41, 5.74) is 1.46. The van der Waals surface area contributed by atoms with Crippen LogP contribution in [0.2, 0.25) is 0 Å². The van der Waals surface area contributed by atoms with Gasteiger partial charge in [-0.3, -0.25) is 4.79 Å². The van der Waals surface area contributed by atoms with Crippen molar-refractivity contribution >= 4 is 16.9 Å². The maximum atomic E-state index is 13.2. The number of hydrogen-bond acceptors (Lipinski definition) is 4. The van der Waals surface area contributed by atoms with Crippen molar-refractivity contribution in [1.82, 2.24) is 15.4 Å². The summed E-state index contributed by atoms with van der Waals surface area (Å²) in [5.74, 6) is 0.0582. The van der Waals surface area contributed by atoms with E-state index < -0.39 is 0 Å². The number of carbonyl (C=O) groups is 1. The first kappa shape index (κ1) is 15.0. The Kier molecular flexibility index (Phi) is 4.38. The number of nitrogens with zero attached hydrogens (tertiary/aromatic N) is 2. The minimum absolute atomic E-state index is 0.0104. The minimum atomic E-state index is -0.303. The smallest absolute Gasteiger partial charge is 0.216 e. The van der Waals surface area contributed by atoms with Crippen molar-refractivity contribution in [2.24, 2.45) is 0 Å². The summed E-state index contributed by atoms with van der Waals surface area (Å²) in [6, 6.07) is 4.58. The third kappa shape index (κ3) is 3.27. The van der Waals surface area contributed by atoms with Crippen molar-refractivity contribution in [3.63, 3.8) is 0 Å². The van der Waals surface area contributed by atoms with E-state index in [1.54, 1.807) is 6.07 Å². The standard InChI is InChI=1S/C16H20FN3O2/c1-11(21)18-6-9-20-7-4-12(5-8-20)16-14-3-2-13(17)10-15(14)22-19-16/h2-3,10,12H,4-9H2,1H3,(H,18,21). The van der Waals surface area contributed by atoms with Crippen LogP contribution in [0.15, 0.2) is 22.7 Å². The molecule has 1 aromatic heterocycles. The highest BCUT2D eigenvalue weighted by Crippen LogP contribution is 2.32. The lowest BCUT2D eigenvalue weighted by Crippen LogP contribution is -2.38. The van der Waals surface area contributed by atoms with Crippen LogP contribution in [0.25, 0.3) is 11.0 Å². The first-order valence-electron chi connectivity index (χ1n) is 7.65. The zero-order valence-corrected chi connectivity index (χ0v) is 12.6. The van der Waals surface area contributed by atoms with E-state index >= 15 is 0 Å². The Hall–Kier alpha value is -1.95. The lowest BCUT2D eigenvalue weighted by atomic mass is 9.91. The zero-order chi connectivity index (χ0) is 15.5. The first-order valence-corrected chi connectivity index (χ1v) is 7.65. The molecule has 0 saturated carbocycles. The van der Waals surface area contributed by atoms with Crippen molar-refractivity contribution in [2.75, 3.05) is 26.2 Å². The zero-order valence-electron chi connectivity index (χ0n) is 12.6. The van der Waals surface area contributed by atoms with E-state index in [1.165, 1.54) is 19.1 Å². The van der Waals surface area contributed by atoms with Gasteiger partial charge in [-0.2, -0.15) is 0 Å². The molecule has 6 heteroatoms. The Morgan fingerprint density at radius 3 is 2.95 bits per heavy atom. The largest absolute Gasteiger partial charge is 0.356 e. The molecule has 3 rings (SSSR count). The molecule has 118 valence electrons. The topological polar surface area (TPSA) is 58.4 Å².